The number of aliphatic hydroxyl groups is 1. The van der Waals surface area contributed by atoms with Crippen molar-refractivity contribution in [3.63, 3.8) is 0 Å². The van der Waals surface area contributed by atoms with Gasteiger partial charge in [0, 0.05) is 9.86 Å². The molecule has 3 rings (SSSR count). The number of aryl methyl sites for hydroxylation is 2. The zero-order valence-corrected chi connectivity index (χ0v) is 13.6. The van der Waals surface area contributed by atoms with E-state index in [2.05, 4.69) is 27.0 Å². The Hall–Kier alpha value is -1.71. The first-order chi connectivity index (χ1) is 10.0. The molecule has 0 fully saturated rings. The Morgan fingerprint density at radius 1 is 1.00 bits per heavy atom. The standard InChI is InChI=1S/C18H16BrNO/c1-11-7-12(2)9-14(8-11)18(21)17-15(19)10-13-5-3-4-6-16(13)20-17/h3-10,18,21H,1-2H3. The van der Waals surface area contributed by atoms with Crippen LogP contribution in [0.25, 0.3) is 10.9 Å². The van der Waals surface area contributed by atoms with Gasteiger partial charge in [0.15, 0.2) is 0 Å². The lowest BCUT2D eigenvalue weighted by Gasteiger charge is -2.15. The van der Waals surface area contributed by atoms with Crippen LogP contribution in [0.15, 0.2) is 53.0 Å². The summed E-state index contributed by atoms with van der Waals surface area (Å²) in [6.45, 7) is 4.07. The molecule has 3 aromatic rings. The van der Waals surface area contributed by atoms with Crippen molar-refractivity contribution in [3.8, 4) is 0 Å². The first-order valence-corrected chi connectivity index (χ1v) is 7.65. The van der Waals surface area contributed by atoms with Crippen molar-refractivity contribution in [1.82, 2.24) is 4.98 Å². The molecule has 0 saturated carbocycles. The van der Waals surface area contributed by atoms with E-state index in [9.17, 15) is 5.11 Å². The third-order valence-corrected chi connectivity index (χ3v) is 4.16. The number of hydrogen-bond donors (Lipinski definition) is 1. The maximum atomic E-state index is 10.7. The highest BCUT2D eigenvalue weighted by molar-refractivity contribution is 9.10. The molecule has 106 valence electrons. The Labute approximate surface area is 132 Å². The average Bonchev–Trinajstić information content (AvgIpc) is 2.44. The summed E-state index contributed by atoms with van der Waals surface area (Å²) in [4.78, 5) is 4.61. The molecule has 2 nitrogen and oxygen atoms in total. The summed E-state index contributed by atoms with van der Waals surface area (Å²) >= 11 is 3.53. The van der Waals surface area contributed by atoms with Crippen molar-refractivity contribution >= 4 is 26.8 Å². The lowest BCUT2D eigenvalue weighted by atomic mass is 10.0. The van der Waals surface area contributed by atoms with Crippen molar-refractivity contribution < 1.29 is 5.11 Å². The third kappa shape index (κ3) is 2.85. The predicted molar refractivity (Wildman–Crippen MR) is 89.4 cm³/mol. The second kappa shape index (κ2) is 5.58. The predicted octanol–water partition coefficient (Wildman–Crippen LogP) is 4.70. The van der Waals surface area contributed by atoms with Gasteiger partial charge in [-0.05, 0) is 47.5 Å². The molecule has 1 N–H and O–H groups in total. The van der Waals surface area contributed by atoms with Crippen LogP contribution in [0.2, 0.25) is 0 Å². The van der Waals surface area contributed by atoms with Crippen LogP contribution in [0.5, 0.6) is 0 Å². The van der Waals surface area contributed by atoms with Crippen LogP contribution in [-0.2, 0) is 0 Å². The molecule has 0 spiro atoms. The van der Waals surface area contributed by atoms with Gasteiger partial charge in [-0.2, -0.15) is 0 Å². The van der Waals surface area contributed by atoms with Gasteiger partial charge >= 0.3 is 0 Å². The fourth-order valence-electron chi connectivity index (χ4n) is 2.62. The van der Waals surface area contributed by atoms with Crippen LogP contribution in [0, 0.1) is 13.8 Å². The van der Waals surface area contributed by atoms with Gasteiger partial charge in [0.05, 0.1) is 11.2 Å². The molecule has 0 saturated heterocycles. The second-order valence-electron chi connectivity index (χ2n) is 5.37. The first kappa shape index (κ1) is 14.2. The summed E-state index contributed by atoms with van der Waals surface area (Å²) in [5.41, 5.74) is 4.69. The molecule has 3 heteroatoms. The number of rotatable bonds is 2. The quantitative estimate of drug-likeness (QED) is 0.733. The van der Waals surface area contributed by atoms with E-state index in [1.807, 2.05) is 56.3 Å². The second-order valence-corrected chi connectivity index (χ2v) is 6.23. The van der Waals surface area contributed by atoms with Gasteiger partial charge in [-0.15, -0.1) is 0 Å². The number of nitrogens with zero attached hydrogens (tertiary/aromatic N) is 1. The van der Waals surface area contributed by atoms with E-state index >= 15 is 0 Å². The molecule has 0 radical (unpaired) electrons. The molecule has 2 aromatic carbocycles. The normalized spacial score (nSPS) is 12.6. The highest BCUT2D eigenvalue weighted by Crippen LogP contribution is 2.30. The van der Waals surface area contributed by atoms with E-state index in [4.69, 9.17) is 0 Å². The minimum atomic E-state index is -0.734. The SMILES string of the molecule is Cc1cc(C)cc(C(O)c2nc3ccccc3cc2Br)c1. The Morgan fingerprint density at radius 3 is 2.38 bits per heavy atom. The Bertz CT molecular complexity index is 793. The number of fused-ring (bicyclic) bond motifs is 1. The zero-order chi connectivity index (χ0) is 15.0. The lowest BCUT2D eigenvalue weighted by Crippen LogP contribution is -2.04. The van der Waals surface area contributed by atoms with Crippen LogP contribution in [-0.4, -0.2) is 10.1 Å². The van der Waals surface area contributed by atoms with Crippen molar-refractivity contribution in [1.29, 1.82) is 0 Å². The molecule has 0 aliphatic rings. The Balaban J connectivity index is 2.12. The van der Waals surface area contributed by atoms with E-state index in [1.54, 1.807) is 0 Å². The Morgan fingerprint density at radius 2 is 1.67 bits per heavy atom. The van der Waals surface area contributed by atoms with E-state index < -0.39 is 6.10 Å². The summed E-state index contributed by atoms with van der Waals surface area (Å²) in [7, 11) is 0. The van der Waals surface area contributed by atoms with Crippen molar-refractivity contribution in [2.24, 2.45) is 0 Å². The van der Waals surface area contributed by atoms with Crippen LogP contribution < -0.4 is 0 Å². The average molecular weight is 342 g/mol. The molecule has 1 heterocycles. The monoisotopic (exact) mass is 341 g/mol. The fraction of sp³-hybridized carbons (Fsp3) is 0.167. The van der Waals surface area contributed by atoms with Gasteiger partial charge < -0.3 is 5.11 Å². The number of pyridine rings is 1. The maximum absolute atomic E-state index is 10.7. The molecular weight excluding hydrogens is 326 g/mol. The largest absolute Gasteiger partial charge is 0.382 e. The molecule has 1 unspecified atom stereocenters. The topological polar surface area (TPSA) is 33.1 Å². The summed E-state index contributed by atoms with van der Waals surface area (Å²) in [5.74, 6) is 0. The van der Waals surface area contributed by atoms with Crippen molar-refractivity contribution in [2.45, 2.75) is 20.0 Å². The Kier molecular flexibility index (Phi) is 3.79. The highest BCUT2D eigenvalue weighted by atomic mass is 79.9. The minimum absolute atomic E-state index is 0.652. The van der Waals surface area contributed by atoms with Crippen LogP contribution in [0.1, 0.15) is 28.5 Å². The van der Waals surface area contributed by atoms with Crippen LogP contribution in [0.4, 0.5) is 0 Å². The molecule has 1 aromatic heterocycles. The number of hydrogen-bond acceptors (Lipinski definition) is 2. The number of benzene rings is 2. The van der Waals surface area contributed by atoms with E-state index in [0.717, 1.165) is 32.1 Å². The number of aliphatic hydroxyl groups excluding tert-OH is 1. The van der Waals surface area contributed by atoms with Crippen molar-refractivity contribution in [3.05, 3.63) is 75.4 Å². The van der Waals surface area contributed by atoms with E-state index in [-0.39, 0.29) is 0 Å². The van der Waals surface area contributed by atoms with E-state index in [1.165, 1.54) is 0 Å². The summed E-state index contributed by atoms with van der Waals surface area (Å²) in [6.07, 6.45) is -0.734. The van der Waals surface area contributed by atoms with Crippen LogP contribution >= 0.6 is 15.9 Å². The van der Waals surface area contributed by atoms with Gasteiger partial charge in [0.2, 0.25) is 0 Å². The smallest absolute Gasteiger partial charge is 0.122 e. The lowest BCUT2D eigenvalue weighted by molar-refractivity contribution is 0.215. The molecule has 0 aliphatic carbocycles. The number of halogens is 1. The van der Waals surface area contributed by atoms with Crippen LogP contribution in [0.3, 0.4) is 0 Å². The number of aromatic nitrogens is 1. The van der Waals surface area contributed by atoms with E-state index in [0.29, 0.717) is 5.69 Å². The summed E-state index contributed by atoms with van der Waals surface area (Å²) in [6, 6.07) is 16.0. The zero-order valence-electron chi connectivity index (χ0n) is 12.0. The van der Waals surface area contributed by atoms with Gasteiger partial charge in [-0.3, -0.25) is 0 Å². The fourth-order valence-corrected chi connectivity index (χ4v) is 3.17. The summed E-state index contributed by atoms with van der Waals surface area (Å²) < 4.78 is 0.827. The molecule has 0 bridgehead atoms. The highest BCUT2D eigenvalue weighted by Gasteiger charge is 2.17. The molecular formula is C18H16BrNO. The van der Waals surface area contributed by atoms with Gasteiger partial charge in [0.25, 0.3) is 0 Å². The molecule has 0 amide bonds. The molecule has 0 aliphatic heterocycles. The van der Waals surface area contributed by atoms with Crippen molar-refractivity contribution in [2.75, 3.05) is 0 Å². The third-order valence-electron chi connectivity index (χ3n) is 3.52. The molecule has 1 atom stereocenters. The minimum Gasteiger partial charge on any atom is -0.382 e. The summed E-state index contributed by atoms with van der Waals surface area (Å²) in [5, 5.41) is 11.7. The molecule has 21 heavy (non-hydrogen) atoms. The van der Waals surface area contributed by atoms with Gasteiger partial charge in [-0.1, -0.05) is 47.5 Å². The van der Waals surface area contributed by atoms with Gasteiger partial charge in [0.1, 0.15) is 6.10 Å². The first-order valence-electron chi connectivity index (χ1n) is 6.86. The van der Waals surface area contributed by atoms with Gasteiger partial charge in [-0.25, -0.2) is 4.98 Å². The maximum Gasteiger partial charge on any atom is 0.122 e. The number of para-hydroxylation sites is 1.